The molecule has 2 heterocycles. The van der Waals surface area contributed by atoms with E-state index in [0.717, 1.165) is 22.2 Å². The van der Waals surface area contributed by atoms with Gasteiger partial charge in [0.05, 0.1) is 0 Å². The van der Waals surface area contributed by atoms with Crippen LogP contribution in [0.25, 0.3) is 0 Å². The molecular formula is C14H19N5S2. The van der Waals surface area contributed by atoms with Crippen LogP contribution in [0.1, 0.15) is 50.7 Å². The van der Waals surface area contributed by atoms with E-state index < -0.39 is 0 Å². The van der Waals surface area contributed by atoms with Gasteiger partial charge in [-0.3, -0.25) is 0 Å². The minimum absolute atomic E-state index is 0.329. The summed E-state index contributed by atoms with van der Waals surface area (Å²) in [7, 11) is 0. The summed E-state index contributed by atoms with van der Waals surface area (Å²) in [6, 6.07) is 2.03. The van der Waals surface area contributed by atoms with Crippen molar-refractivity contribution in [1.82, 2.24) is 20.2 Å². The summed E-state index contributed by atoms with van der Waals surface area (Å²) in [5.74, 6) is 0. The summed E-state index contributed by atoms with van der Waals surface area (Å²) in [5, 5.41) is 18.8. The van der Waals surface area contributed by atoms with Gasteiger partial charge in [0.2, 0.25) is 0 Å². The van der Waals surface area contributed by atoms with Gasteiger partial charge in [0, 0.05) is 18.8 Å². The molecule has 2 rings (SSSR count). The molecule has 0 radical (unpaired) electrons. The van der Waals surface area contributed by atoms with E-state index in [1.165, 1.54) is 30.8 Å². The number of hydrogen-bond acceptors (Lipinski definition) is 7. The molecule has 7 heteroatoms. The maximum atomic E-state index is 8.95. The van der Waals surface area contributed by atoms with Crippen LogP contribution in [0, 0.1) is 11.3 Å². The molecule has 0 unspecified atom stereocenters. The topological polar surface area (TPSA) is 75.3 Å². The third-order valence-corrected chi connectivity index (χ3v) is 4.42. The van der Waals surface area contributed by atoms with Gasteiger partial charge in [0.25, 0.3) is 0 Å². The van der Waals surface area contributed by atoms with E-state index in [1.807, 2.05) is 19.9 Å². The molecule has 0 fully saturated rings. The highest BCUT2D eigenvalue weighted by molar-refractivity contribution is 8.01. The molecule has 0 aromatic carbocycles. The molecule has 0 aliphatic heterocycles. The Morgan fingerprint density at radius 2 is 1.95 bits per heavy atom. The molecule has 0 aliphatic carbocycles. The zero-order chi connectivity index (χ0) is 15.5. The lowest BCUT2D eigenvalue weighted by atomic mass is 10.2. The van der Waals surface area contributed by atoms with Crippen molar-refractivity contribution in [3.8, 4) is 6.07 Å². The lowest BCUT2D eigenvalue weighted by Gasteiger charge is -1.96. The van der Waals surface area contributed by atoms with Crippen molar-refractivity contribution in [2.75, 3.05) is 0 Å². The van der Waals surface area contributed by atoms with Crippen molar-refractivity contribution in [2.45, 2.75) is 55.8 Å². The number of hydrogen-bond donors (Lipinski definition) is 0. The van der Waals surface area contributed by atoms with Crippen LogP contribution in [0.3, 0.4) is 0 Å². The number of rotatable bonds is 6. The molecule has 0 spiro atoms. The Kier molecular flexibility index (Phi) is 8.55. The average molecular weight is 321 g/mol. The van der Waals surface area contributed by atoms with Crippen molar-refractivity contribution < 1.29 is 0 Å². The Balaban J connectivity index is 0.00000106. The van der Waals surface area contributed by atoms with Gasteiger partial charge in [-0.1, -0.05) is 44.9 Å². The fourth-order valence-electron chi connectivity index (χ4n) is 1.47. The van der Waals surface area contributed by atoms with Crippen LogP contribution >= 0.6 is 23.1 Å². The molecule has 5 nitrogen and oxygen atoms in total. The van der Waals surface area contributed by atoms with Crippen molar-refractivity contribution in [3.63, 3.8) is 0 Å². The van der Waals surface area contributed by atoms with Gasteiger partial charge in [-0.25, -0.2) is 9.97 Å². The first kappa shape index (κ1) is 17.5. The number of aryl methyl sites for hydroxylation is 1. The van der Waals surface area contributed by atoms with Gasteiger partial charge in [0.1, 0.15) is 16.1 Å². The molecule has 0 amide bonds. The summed E-state index contributed by atoms with van der Waals surface area (Å²) in [5.41, 5.74) is 0.329. The monoisotopic (exact) mass is 321 g/mol. The second-order valence-electron chi connectivity index (χ2n) is 3.84. The summed E-state index contributed by atoms with van der Waals surface area (Å²) >= 11 is 2.91. The first-order chi connectivity index (χ1) is 10.3. The van der Waals surface area contributed by atoms with E-state index >= 15 is 0 Å². The van der Waals surface area contributed by atoms with Crippen molar-refractivity contribution in [1.29, 1.82) is 5.26 Å². The van der Waals surface area contributed by atoms with E-state index in [2.05, 4.69) is 27.1 Å². The summed E-state index contributed by atoms with van der Waals surface area (Å²) in [4.78, 5) is 8.12. The lowest BCUT2D eigenvalue weighted by Crippen LogP contribution is -1.89. The standard InChI is InChI=1S/C12H13N5S2.C2H6/c1-2-3-4-5-10-16-17-12(18-10)19-11-9(8-13)14-6-7-15-11;1-2/h6-7H,2-5H2,1H3;1-2H3. The Hall–Kier alpha value is -1.52. The van der Waals surface area contributed by atoms with Crippen LogP contribution in [0.2, 0.25) is 0 Å². The maximum Gasteiger partial charge on any atom is 0.180 e. The summed E-state index contributed by atoms with van der Waals surface area (Å²) < 4.78 is 0.809. The SMILES string of the molecule is CC.CCCCCc1nnc(Sc2nccnc2C#N)s1. The third-order valence-electron chi connectivity index (χ3n) is 2.40. The van der Waals surface area contributed by atoms with Crippen LogP contribution in [-0.2, 0) is 6.42 Å². The molecular weight excluding hydrogens is 302 g/mol. The maximum absolute atomic E-state index is 8.95. The van der Waals surface area contributed by atoms with E-state index in [0.29, 0.717) is 10.7 Å². The third kappa shape index (κ3) is 5.78. The van der Waals surface area contributed by atoms with E-state index in [9.17, 15) is 0 Å². The second-order valence-corrected chi connectivity index (χ2v) is 6.14. The largest absolute Gasteiger partial charge is 0.245 e. The highest BCUT2D eigenvalue weighted by Crippen LogP contribution is 2.30. The number of nitrogens with zero attached hydrogens (tertiary/aromatic N) is 5. The van der Waals surface area contributed by atoms with Crippen LogP contribution in [0.15, 0.2) is 21.8 Å². The summed E-state index contributed by atoms with van der Waals surface area (Å²) in [6.07, 6.45) is 7.61. The fraction of sp³-hybridized carbons (Fsp3) is 0.500. The minimum Gasteiger partial charge on any atom is -0.245 e. The molecule has 0 N–H and O–H groups in total. The van der Waals surface area contributed by atoms with Crippen LogP contribution in [0.5, 0.6) is 0 Å². The van der Waals surface area contributed by atoms with Crippen LogP contribution < -0.4 is 0 Å². The van der Waals surface area contributed by atoms with Gasteiger partial charge in [-0.05, 0) is 18.2 Å². The zero-order valence-corrected chi connectivity index (χ0v) is 14.2. The number of unbranched alkanes of at least 4 members (excludes halogenated alkanes) is 2. The van der Waals surface area contributed by atoms with Gasteiger partial charge in [-0.2, -0.15) is 5.26 Å². The Labute approximate surface area is 133 Å². The predicted octanol–water partition coefficient (Wildman–Crippen LogP) is 4.11. The van der Waals surface area contributed by atoms with E-state index in [1.54, 1.807) is 17.5 Å². The minimum atomic E-state index is 0.329. The Bertz CT molecular complexity index is 577. The average Bonchev–Trinajstić information content (AvgIpc) is 2.98. The quantitative estimate of drug-likeness (QED) is 0.745. The normalized spacial score (nSPS) is 9.62. The lowest BCUT2D eigenvalue weighted by molar-refractivity contribution is 0.709. The van der Waals surface area contributed by atoms with E-state index in [4.69, 9.17) is 5.26 Å². The second kappa shape index (κ2) is 10.2. The molecule has 0 atom stereocenters. The number of nitriles is 1. The molecule has 2 aromatic heterocycles. The Morgan fingerprint density at radius 3 is 2.67 bits per heavy atom. The zero-order valence-electron chi connectivity index (χ0n) is 12.5. The van der Waals surface area contributed by atoms with Gasteiger partial charge < -0.3 is 0 Å². The predicted molar refractivity (Wildman–Crippen MR) is 85.4 cm³/mol. The molecule has 2 aromatic rings. The highest BCUT2D eigenvalue weighted by atomic mass is 32.2. The molecule has 0 aliphatic rings. The van der Waals surface area contributed by atoms with Gasteiger partial charge in [-0.15, -0.1) is 10.2 Å². The van der Waals surface area contributed by atoms with E-state index in [-0.39, 0.29) is 0 Å². The highest BCUT2D eigenvalue weighted by Gasteiger charge is 2.10. The molecule has 21 heavy (non-hydrogen) atoms. The van der Waals surface area contributed by atoms with Crippen LogP contribution in [0.4, 0.5) is 0 Å². The smallest absolute Gasteiger partial charge is 0.180 e. The molecule has 0 bridgehead atoms. The van der Waals surface area contributed by atoms with Crippen LogP contribution in [-0.4, -0.2) is 20.2 Å². The van der Waals surface area contributed by atoms with Gasteiger partial charge in [0.15, 0.2) is 10.0 Å². The first-order valence-electron chi connectivity index (χ1n) is 7.04. The molecule has 112 valence electrons. The molecule has 0 saturated heterocycles. The Morgan fingerprint density at radius 1 is 1.19 bits per heavy atom. The number of aromatic nitrogens is 4. The van der Waals surface area contributed by atoms with Crippen molar-refractivity contribution in [3.05, 3.63) is 23.1 Å². The first-order valence-corrected chi connectivity index (χ1v) is 8.68. The molecule has 0 saturated carbocycles. The van der Waals surface area contributed by atoms with Crippen molar-refractivity contribution in [2.24, 2.45) is 0 Å². The fourth-order valence-corrected chi connectivity index (χ4v) is 3.33. The van der Waals surface area contributed by atoms with Gasteiger partial charge >= 0.3 is 0 Å². The summed E-state index contributed by atoms with van der Waals surface area (Å²) in [6.45, 7) is 6.18. The van der Waals surface area contributed by atoms with Crippen molar-refractivity contribution >= 4 is 23.1 Å².